The molecule has 0 bridgehead atoms. The molecule has 1 N–H and O–H groups in total. The third-order valence-corrected chi connectivity index (χ3v) is 4.40. The van der Waals surface area contributed by atoms with Gasteiger partial charge < -0.3 is 5.32 Å². The van der Waals surface area contributed by atoms with E-state index < -0.39 is 11.7 Å². The third kappa shape index (κ3) is 2.70. The van der Waals surface area contributed by atoms with E-state index in [0.717, 1.165) is 32.0 Å². The molecule has 1 aromatic carbocycles. The summed E-state index contributed by atoms with van der Waals surface area (Å²) in [6.45, 7) is 2.15. The zero-order valence-electron chi connectivity index (χ0n) is 11.5. The quantitative estimate of drug-likeness (QED) is 0.910. The molecule has 0 aromatic heterocycles. The van der Waals surface area contributed by atoms with Gasteiger partial charge >= 0.3 is 6.18 Å². The first-order valence-electron chi connectivity index (χ1n) is 7.11. The molecule has 6 heteroatoms. The SMILES string of the molecule is N#Cc1cc(NC2CCN3CCCC23)ccc1C(F)(F)F. The molecule has 0 spiro atoms. The minimum atomic E-state index is -4.49. The summed E-state index contributed by atoms with van der Waals surface area (Å²) in [6, 6.07) is 6.09. The summed E-state index contributed by atoms with van der Waals surface area (Å²) in [5.41, 5.74) is -0.600. The van der Waals surface area contributed by atoms with Gasteiger partial charge in [-0.3, -0.25) is 4.90 Å². The van der Waals surface area contributed by atoms with Crippen LogP contribution in [0.5, 0.6) is 0 Å². The van der Waals surface area contributed by atoms with Gasteiger partial charge in [0.05, 0.1) is 17.2 Å². The second-order valence-electron chi connectivity index (χ2n) is 5.65. The lowest BCUT2D eigenvalue weighted by molar-refractivity contribution is -0.137. The number of nitrogens with zero attached hydrogens (tertiary/aromatic N) is 2. The topological polar surface area (TPSA) is 39.1 Å². The highest BCUT2D eigenvalue weighted by molar-refractivity contribution is 5.54. The van der Waals surface area contributed by atoms with Crippen molar-refractivity contribution in [2.75, 3.05) is 18.4 Å². The van der Waals surface area contributed by atoms with Crippen LogP contribution in [0.3, 0.4) is 0 Å². The van der Waals surface area contributed by atoms with Crippen molar-refractivity contribution in [3.63, 3.8) is 0 Å². The van der Waals surface area contributed by atoms with Gasteiger partial charge in [-0.15, -0.1) is 0 Å². The van der Waals surface area contributed by atoms with Crippen LogP contribution in [0.2, 0.25) is 0 Å². The molecule has 3 rings (SSSR count). The predicted molar refractivity (Wildman–Crippen MR) is 72.8 cm³/mol. The first kappa shape index (κ1) is 14.2. The first-order chi connectivity index (χ1) is 9.99. The predicted octanol–water partition coefficient (Wildman–Crippen LogP) is 3.23. The van der Waals surface area contributed by atoms with E-state index in [4.69, 9.17) is 5.26 Å². The fraction of sp³-hybridized carbons (Fsp3) is 0.533. The molecule has 21 heavy (non-hydrogen) atoms. The van der Waals surface area contributed by atoms with E-state index in [2.05, 4.69) is 10.2 Å². The van der Waals surface area contributed by atoms with Crippen LogP contribution in [-0.2, 0) is 6.18 Å². The van der Waals surface area contributed by atoms with Gasteiger partial charge in [0.15, 0.2) is 0 Å². The maximum absolute atomic E-state index is 12.8. The van der Waals surface area contributed by atoms with Crippen LogP contribution in [0.4, 0.5) is 18.9 Å². The number of benzene rings is 1. The van der Waals surface area contributed by atoms with Crippen LogP contribution >= 0.6 is 0 Å². The van der Waals surface area contributed by atoms with Crippen molar-refractivity contribution in [3.05, 3.63) is 29.3 Å². The molecule has 0 radical (unpaired) electrons. The van der Waals surface area contributed by atoms with Gasteiger partial charge in [0, 0.05) is 24.3 Å². The molecule has 0 amide bonds. The van der Waals surface area contributed by atoms with Crippen molar-refractivity contribution in [2.24, 2.45) is 0 Å². The summed E-state index contributed by atoms with van der Waals surface area (Å²) >= 11 is 0. The minimum Gasteiger partial charge on any atom is -0.381 e. The molecule has 3 nitrogen and oxygen atoms in total. The molecule has 2 heterocycles. The Hall–Kier alpha value is -1.74. The Morgan fingerprint density at radius 2 is 2.05 bits per heavy atom. The summed E-state index contributed by atoms with van der Waals surface area (Å²) < 4.78 is 38.3. The van der Waals surface area contributed by atoms with Crippen molar-refractivity contribution in [1.29, 1.82) is 5.26 Å². The van der Waals surface area contributed by atoms with E-state index >= 15 is 0 Å². The Balaban J connectivity index is 1.79. The lowest BCUT2D eigenvalue weighted by atomic mass is 10.0. The zero-order valence-corrected chi connectivity index (χ0v) is 11.5. The van der Waals surface area contributed by atoms with Crippen molar-refractivity contribution in [2.45, 2.75) is 37.5 Å². The molecule has 2 unspecified atom stereocenters. The number of fused-ring (bicyclic) bond motifs is 1. The number of anilines is 1. The molecule has 0 aliphatic carbocycles. The highest BCUT2D eigenvalue weighted by Crippen LogP contribution is 2.34. The zero-order chi connectivity index (χ0) is 15.0. The lowest BCUT2D eigenvalue weighted by Gasteiger charge is -2.22. The summed E-state index contributed by atoms with van der Waals surface area (Å²) in [5, 5.41) is 12.2. The van der Waals surface area contributed by atoms with Crippen molar-refractivity contribution < 1.29 is 13.2 Å². The van der Waals surface area contributed by atoms with Crippen LogP contribution in [0.25, 0.3) is 0 Å². The number of rotatable bonds is 2. The van der Waals surface area contributed by atoms with Gasteiger partial charge in [-0.2, -0.15) is 18.4 Å². The standard InChI is InChI=1S/C15H16F3N3/c16-15(17,18)12-4-3-11(8-10(12)9-19)20-13-5-7-21-6-1-2-14(13)21/h3-4,8,13-14,20H,1-2,5-7H2. The summed E-state index contributed by atoms with van der Waals surface area (Å²) in [5.74, 6) is 0. The van der Waals surface area contributed by atoms with Gasteiger partial charge in [-0.1, -0.05) is 0 Å². The maximum Gasteiger partial charge on any atom is 0.417 e. The van der Waals surface area contributed by atoms with Gasteiger partial charge in [0.2, 0.25) is 0 Å². The van der Waals surface area contributed by atoms with Crippen LogP contribution in [0.15, 0.2) is 18.2 Å². The van der Waals surface area contributed by atoms with Gasteiger partial charge in [-0.25, -0.2) is 0 Å². The largest absolute Gasteiger partial charge is 0.417 e. The molecule has 0 saturated carbocycles. The lowest BCUT2D eigenvalue weighted by Crippen LogP contribution is -2.33. The molecule has 2 fully saturated rings. The van der Waals surface area contributed by atoms with Gasteiger partial charge in [0.25, 0.3) is 0 Å². The molecule has 112 valence electrons. The van der Waals surface area contributed by atoms with Crippen LogP contribution < -0.4 is 5.32 Å². The Morgan fingerprint density at radius 3 is 2.76 bits per heavy atom. The maximum atomic E-state index is 12.8. The number of hydrogen-bond acceptors (Lipinski definition) is 3. The van der Waals surface area contributed by atoms with E-state index in [1.54, 1.807) is 6.07 Å². The molecular formula is C15H16F3N3. The molecular weight excluding hydrogens is 279 g/mol. The average Bonchev–Trinajstić information content (AvgIpc) is 3.02. The number of hydrogen-bond donors (Lipinski definition) is 1. The smallest absolute Gasteiger partial charge is 0.381 e. The normalized spacial score (nSPS) is 25.6. The van der Waals surface area contributed by atoms with E-state index in [1.807, 2.05) is 0 Å². The first-order valence-corrected chi connectivity index (χ1v) is 7.11. The van der Waals surface area contributed by atoms with E-state index in [-0.39, 0.29) is 11.6 Å². The number of nitrogens with one attached hydrogen (secondary N) is 1. The molecule has 2 aliphatic heterocycles. The van der Waals surface area contributed by atoms with Gasteiger partial charge in [0.1, 0.15) is 0 Å². The van der Waals surface area contributed by atoms with Gasteiger partial charge in [-0.05, 0) is 44.0 Å². The Bertz CT molecular complexity index is 577. The van der Waals surface area contributed by atoms with Crippen LogP contribution in [0.1, 0.15) is 30.4 Å². The van der Waals surface area contributed by atoms with Crippen molar-refractivity contribution in [1.82, 2.24) is 4.90 Å². The Labute approximate surface area is 121 Å². The second-order valence-corrected chi connectivity index (χ2v) is 5.65. The van der Waals surface area contributed by atoms with Crippen molar-refractivity contribution in [3.8, 4) is 6.07 Å². The third-order valence-electron chi connectivity index (χ3n) is 4.40. The molecule has 1 aromatic rings. The minimum absolute atomic E-state index is 0.260. The molecule has 2 aliphatic rings. The summed E-state index contributed by atoms with van der Waals surface area (Å²) in [4.78, 5) is 2.42. The van der Waals surface area contributed by atoms with E-state index in [9.17, 15) is 13.2 Å². The number of nitriles is 1. The summed E-state index contributed by atoms with van der Waals surface area (Å²) in [6.07, 6.45) is -1.19. The van der Waals surface area contributed by atoms with E-state index in [1.165, 1.54) is 18.6 Å². The Morgan fingerprint density at radius 1 is 1.24 bits per heavy atom. The van der Waals surface area contributed by atoms with Crippen LogP contribution in [0, 0.1) is 11.3 Å². The highest BCUT2D eigenvalue weighted by Gasteiger charge is 2.37. The van der Waals surface area contributed by atoms with Crippen LogP contribution in [-0.4, -0.2) is 30.1 Å². The molecule has 2 saturated heterocycles. The number of alkyl halides is 3. The van der Waals surface area contributed by atoms with E-state index in [0.29, 0.717) is 11.7 Å². The Kier molecular flexibility index (Phi) is 3.54. The monoisotopic (exact) mass is 295 g/mol. The fourth-order valence-corrected chi connectivity index (χ4v) is 3.44. The molecule has 2 atom stereocenters. The second kappa shape index (κ2) is 5.23. The number of halogens is 3. The fourth-order valence-electron chi connectivity index (χ4n) is 3.44. The highest BCUT2D eigenvalue weighted by atomic mass is 19.4. The average molecular weight is 295 g/mol. The van der Waals surface area contributed by atoms with Crippen molar-refractivity contribution >= 4 is 5.69 Å². The summed E-state index contributed by atoms with van der Waals surface area (Å²) in [7, 11) is 0.